The van der Waals surface area contributed by atoms with Crippen LogP contribution in [0.4, 0.5) is 0 Å². The van der Waals surface area contributed by atoms with E-state index in [0.29, 0.717) is 116 Å². The fraction of sp³-hybridized carbons (Fsp3) is 0.600. The lowest BCUT2D eigenvalue weighted by Crippen LogP contribution is -2.17. The minimum Gasteiger partial charge on any atom is -0.478 e. The molecular formula is C40H60O16. The Hall–Kier alpha value is -4.00. The molecule has 0 amide bonds. The van der Waals surface area contributed by atoms with E-state index in [0.717, 1.165) is 0 Å². The number of ether oxygens (including phenoxy) is 8. The maximum atomic E-state index is 11.9. The van der Waals surface area contributed by atoms with Crippen molar-refractivity contribution >= 4 is 23.9 Å². The molecule has 56 heavy (non-hydrogen) atoms. The van der Waals surface area contributed by atoms with Crippen molar-refractivity contribution in [2.24, 2.45) is 0 Å². The van der Waals surface area contributed by atoms with Crippen LogP contribution in [0.3, 0.4) is 0 Å². The van der Waals surface area contributed by atoms with Crippen LogP contribution < -0.4 is 0 Å². The molecule has 0 radical (unpaired) electrons. The van der Waals surface area contributed by atoms with E-state index in [2.05, 4.69) is 0 Å². The number of carboxylic acids is 4. The molecule has 4 N–H and O–H groups in total. The molecule has 16 heteroatoms. The van der Waals surface area contributed by atoms with Gasteiger partial charge in [0.05, 0.1) is 102 Å². The smallest absolute Gasteiger partial charge is 0.336 e. The minimum atomic E-state index is -1.16. The summed E-state index contributed by atoms with van der Waals surface area (Å²) in [5, 5.41) is 38.2. The summed E-state index contributed by atoms with van der Waals surface area (Å²) in [5.74, 6) is -4.63. The third kappa shape index (κ3) is 19.7. The van der Waals surface area contributed by atoms with Crippen LogP contribution >= 0.6 is 0 Å². The van der Waals surface area contributed by atoms with Crippen molar-refractivity contribution in [2.45, 2.75) is 53.4 Å². The lowest BCUT2D eigenvalue weighted by Gasteiger charge is -2.15. The fourth-order valence-corrected chi connectivity index (χ4v) is 5.43. The topological polar surface area (TPSA) is 223 Å². The molecular weight excluding hydrogens is 736 g/mol. The summed E-state index contributed by atoms with van der Waals surface area (Å²) < 4.78 is 42.5. The first-order valence-corrected chi connectivity index (χ1v) is 18.9. The lowest BCUT2D eigenvalue weighted by atomic mass is 9.92. The van der Waals surface area contributed by atoms with Crippen molar-refractivity contribution in [1.82, 2.24) is 0 Å². The summed E-state index contributed by atoms with van der Waals surface area (Å²) in [6, 6.07) is 5.97. The number of benzene rings is 2. The van der Waals surface area contributed by atoms with Gasteiger partial charge in [0.2, 0.25) is 0 Å². The molecule has 316 valence electrons. The second-order valence-electron chi connectivity index (χ2n) is 11.7. The Morgan fingerprint density at radius 1 is 0.375 bits per heavy atom. The SMILES string of the molecule is CCOCCOCCc1ccc(C(=O)O)c(CCOCCOCC)c1C(=O)O.CCOCCOCCc1ccc(C(=O)O)c(CCOCCOCC)c1C(=O)O. The Labute approximate surface area is 328 Å². The molecule has 0 unspecified atom stereocenters. The molecule has 0 aliphatic heterocycles. The molecule has 0 heterocycles. The first-order chi connectivity index (χ1) is 27.0. The van der Waals surface area contributed by atoms with Gasteiger partial charge in [-0.05, 0) is 87.8 Å². The van der Waals surface area contributed by atoms with E-state index in [4.69, 9.17) is 37.9 Å². The van der Waals surface area contributed by atoms with Crippen LogP contribution in [0.2, 0.25) is 0 Å². The first kappa shape index (κ1) is 50.0. The number of hydrogen-bond acceptors (Lipinski definition) is 12. The van der Waals surface area contributed by atoms with E-state index in [9.17, 15) is 39.6 Å². The summed E-state index contributed by atoms with van der Waals surface area (Å²) >= 11 is 0. The number of carboxylic acid groups (broad SMARTS) is 4. The van der Waals surface area contributed by atoms with Gasteiger partial charge in [0.15, 0.2) is 0 Å². The Morgan fingerprint density at radius 3 is 0.893 bits per heavy atom. The Kier molecular flexibility index (Phi) is 27.8. The third-order valence-corrected chi connectivity index (χ3v) is 8.02. The van der Waals surface area contributed by atoms with Gasteiger partial charge in [0.1, 0.15) is 0 Å². The van der Waals surface area contributed by atoms with Crippen molar-refractivity contribution in [3.63, 3.8) is 0 Å². The lowest BCUT2D eigenvalue weighted by molar-refractivity contribution is 0.0529. The van der Waals surface area contributed by atoms with Crippen molar-refractivity contribution in [2.75, 3.05) is 106 Å². The first-order valence-electron chi connectivity index (χ1n) is 18.9. The predicted molar refractivity (Wildman–Crippen MR) is 205 cm³/mol. The van der Waals surface area contributed by atoms with Crippen LogP contribution in [0, 0.1) is 0 Å². The quantitative estimate of drug-likeness (QED) is 0.0746. The van der Waals surface area contributed by atoms with Crippen molar-refractivity contribution < 1.29 is 77.5 Å². The Balaban J connectivity index is 0.000000560. The summed E-state index contributed by atoms with van der Waals surface area (Å²) in [4.78, 5) is 46.8. The Bertz CT molecular complexity index is 1340. The van der Waals surface area contributed by atoms with Gasteiger partial charge in [-0.3, -0.25) is 0 Å². The average molecular weight is 797 g/mol. The second-order valence-corrected chi connectivity index (χ2v) is 11.7. The van der Waals surface area contributed by atoms with Gasteiger partial charge in [-0.25, -0.2) is 19.2 Å². The molecule has 2 aromatic carbocycles. The monoisotopic (exact) mass is 796 g/mol. The highest BCUT2D eigenvalue weighted by Crippen LogP contribution is 2.23. The van der Waals surface area contributed by atoms with Gasteiger partial charge in [-0.1, -0.05) is 12.1 Å². The number of carbonyl (C=O) groups is 4. The largest absolute Gasteiger partial charge is 0.478 e. The van der Waals surface area contributed by atoms with Crippen molar-refractivity contribution in [3.05, 3.63) is 68.8 Å². The molecule has 0 saturated carbocycles. The number of rotatable bonds is 32. The molecule has 0 aliphatic carbocycles. The van der Waals surface area contributed by atoms with Gasteiger partial charge in [-0.15, -0.1) is 0 Å². The molecule has 0 aromatic heterocycles. The molecule has 2 rings (SSSR count). The number of aromatic carboxylic acids is 4. The minimum absolute atomic E-state index is 0.0155. The van der Waals surface area contributed by atoms with E-state index in [1.54, 1.807) is 0 Å². The van der Waals surface area contributed by atoms with E-state index in [-0.39, 0.29) is 59.4 Å². The fourth-order valence-electron chi connectivity index (χ4n) is 5.43. The van der Waals surface area contributed by atoms with E-state index >= 15 is 0 Å². The van der Waals surface area contributed by atoms with Gasteiger partial charge < -0.3 is 58.3 Å². The molecule has 16 nitrogen and oxygen atoms in total. The predicted octanol–water partition coefficient (Wildman–Crippen LogP) is 4.55. The third-order valence-electron chi connectivity index (χ3n) is 8.02. The van der Waals surface area contributed by atoms with E-state index in [1.165, 1.54) is 24.3 Å². The molecule has 0 spiro atoms. The molecule has 2 aromatic rings. The molecule has 0 aliphatic rings. The van der Waals surface area contributed by atoms with Gasteiger partial charge in [0.25, 0.3) is 0 Å². The average Bonchev–Trinajstić information content (AvgIpc) is 3.16. The van der Waals surface area contributed by atoms with Crippen LogP contribution in [-0.4, -0.2) is 150 Å². The maximum Gasteiger partial charge on any atom is 0.336 e. The normalized spacial score (nSPS) is 10.9. The highest BCUT2D eigenvalue weighted by molar-refractivity contribution is 5.98. The number of hydrogen-bond donors (Lipinski definition) is 4. The summed E-state index contributed by atoms with van der Waals surface area (Å²) in [5.41, 5.74) is 1.60. The molecule has 0 bridgehead atoms. The van der Waals surface area contributed by atoms with Crippen LogP contribution in [0.1, 0.15) is 91.4 Å². The zero-order valence-electron chi connectivity index (χ0n) is 33.1. The highest BCUT2D eigenvalue weighted by Gasteiger charge is 2.23. The van der Waals surface area contributed by atoms with E-state index < -0.39 is 23.9 Å². The standard InChI is InChI=1S/2C20H30O8/c2*1-3-25-11-13-27-9-7-15-5-6-17(19(21)22)16(18(15)20(23)24)8-10-28-14-12-26-4-2/h2*5-6H,3-4,7-14H2,1-2H3,(H,21,22)(H,23,24). The summed E-state index contributed by atoms with van der Waals surface area (Å²) in [6.07, 6.45) is 1.11. The van der Waals surface area contributed by atoms with Gasteiger partial charge in [0, 0.05) is 26.4 Å². The van der Waals surface area contributed by atoms with Crippen molar-refractivity contribution in [3.8, 4) is 0 Å². The summed E-state index contributed by atoms with van der Waals surface area (Å²) in [6.45, 7) is 14.4. The molecule has 0 saturated heterocycles. The van der Waals surface area contributed by atoms with Crippen LogP contribution in [-0.2, 0) is 63.6 Å². The zero-order valence-corrected chi connectivity index (χ0v) is 33.1. The van der Waals surface area contributed by atoms with Crippen LogP contribution in [0.25, 0.3) is 0 Å². The maximum absolute atomic E-state index is 11.9. The van der Waals surface area contributed by atoms with E-state index in [1.807, 2.05) is 27.7 Å². The van der Waals surface area contributed by atoms with Crippen LogP contribution in [0.15, 0.2) is 24.3 Å². The van der Waals surface area contributed by atoms with Gasteiger partial charge >= 0.3 is 23.9 Å². The van der Waals surface area contributed by atoms with Crippen LogP contribution in [0.5, 0.6) is 0 Å². The highest BCUT2D eigenvalue weighted by atomic mass is 16.5. The molecule has 0 fully saturated rings. The van der Waals surface area contributed by atoms with Gasteiger partial charge in [-0.2, -0.15) is 0 Å². The summed E-state index contributed by atoms with van der Waals surface area (Å²) in [7, 11) is 0. The zero-order chi connectivity index (χ0) is 41.6. The Morgan fingerprint density at radius 2 is 0.643 bits per heavy atom. The van der Waals surface area contributed by atoms with Crippen molar-refractivity contribution in [1.29, 1.82) is 0 Å². The molecule has 0 atom stereocenters. The second kappa shape index (κ2) is 31.1.